The topological polar surface area (TPSA) is 101 Å². The van der Waals surface area contributed by atoms with Gasteiger partial charge in [0.1, 0.15) is 4.88 Å². The van der Waals surface area contributed by atoms with Crippen LogP contribution in [0.1, 0.15) is 93.6 Å². The summed E-state index contributed by atoms with van der Waals surface area (Å²) >= 11 is 1.10. The summed E-state index contributed by atoms with van der Waals surface area (Å²) in [6, 6.07) is 1.53. The van der Waals surface area contributed by atoms with Crippen LogP contribution >= 0.6 is 11.3 Å². The first-order valence-electron chi connectivity index (χ1n) is 12.3. The molecule has 1 amide bonds. The second kappa shape index (κ2) is 11.0. The number of amides is 1. The molecule has 0 atom stereocenters. The van der Waals surface area contributed by atoms with E-state index in [0.717, 1.165) is 43.3 Å². The van der Waals surface area contributed by atoms with E-state index in [-0.39, 0.29) is 28.2 Å². The third kappa shape index (κ3) is 7.80. The Morgan fingerprint density at radius 3 is 2.20 bits per heavy atom. The molecule has 2 fully saturated rings. The summed E-state index contributed by atoms with van der Waals surface area (Å²) in [6.45, 7) is 8.17. The predicted octanol–water partition coefficient (Wildman–Crippen LogP) is 5.29. The summed E-state index contributed by atoms with van der Waals surface area (Å²) < 4.78 is 28.3. The third-order valence-electron chi connectivity index (χ3n) is 6.65. The van der Waals surface area contributed by atoms with E-state index in [1.165, 1.54) is 0 Å². The highest BCUT2D eigenvalue weighted by atomic mass is 32.2. The van der Waals surface area contributed by atoms with Gasteiger partial charge in [0.15, 0.2) is 0 Å². The van der Waals surface area contributed by atoms with Gasteiger partial charge in [0.25, 0.3) is 10.1 Å². The number of hydrogen-bond acceptors (Lipinski definition) is 6. The van der Waals surface area contributed by atoms with Crippen LogP contribution in [-0.4, -0.2) is 43.8 Å². The van der Waals surface area contributed by atoms with Gasteiger partial charge in [0.2, 0.25) is 5.91 Å². The quantitative estimate of drug-likeness (QED) is 0.402. The number of rotatable bonds is 6. The maximum absolute atomic E-state index is 13.9. The fourth-order valence-electron chi connectivity index (χ4n) is 4.87. The molecule has 35 heavy (non-hydrogen) atoms. The molecule has 3 rings (SSSR count). The zero-order valence-corrected chi connectivity index (χ0v) is 22.9. The van der Waals surface area contributed by atoms with Crippen LogP contribution in [0.15, 0.2) is 6.07 Å². The highest BCUT2D eigenvalue weighted by molar-refractivity contribution is 7.86. The molecule has 1 N–H and O–H groups in total. The number of thiophene rings is 1. The average Bonchev–Trinajstić information content (AvgIpc) is 3.17. The number of anilines is 1. The largest absolute Gasteiger partial charge is 0.477 e. The molecule has 7 nitrogen and oxygen atoms in total. The van der Waals surface area contributed by atoms with E-state index in [1.54, 1.807) is 11.0 Å². The Bertz CT molecular complexity index is 1090. The van der Waals surface area contributed by atoms with Crippen molar-refractivity contribution in [1.29, 1.82) is 0 Å². The summed E-state index contributed by atoms with van der Waals surface area (Å²) in [7, 11) is -3.56. The molecule has 2 saturated carbocycles. The highest BCUT2D eigenvalue weighted by Crippen LogP contribution is 2.39. The standard InChI is InChI=1S/C26H37NO6S2/c1-17-6-8-18(9-7-17)24(28)27(19-10-12-20(13-11-19)33-35(5,31)32)22-16-21(14-15-26(2,3)4)34-23(22)25(29)30/h16-20H,6-13H2,1-5H3,(H,29,30). The Morgan fingerprint density at radius 1 is 1.09 bits per heavy atom. The fraction of sp³-hybridized carbons (Fsp3) is 0.692. The van der Waals surface area contributed by atoms with Crippen molar-refractivity contribution in [2.24, 2.45) is 17.3 Å². The molecule has 0 bridgehead atoms. The lowest BCUT2D eigenvalue weighted by Gasteiger charge is -2.39. The molecule has 0 unspecified atom stereocenters. The first kappa shape index (κ1) is 27.7. The van der Waals surface area contributed by atoms with Crippen LogP contribution < -0.4 is 4.90 Å². The van der Waals surface area contributed by atoms with Crippen LogP contribution in [-0.2, 0) is 19.1 Å². The number of aromatic carboxylic acids is 1. The van der Waals surface area contributed by atoms with Crippen molar-refractivity contribution in [3.05, 3.63) is 15.8 Å². The maximum Gasteiger partial charge on any atom is 0.348 e. The number of hydrogen-bond donors (Lipinski definition) is 1. The Labute approximate surface area is 213 Å². The van der Waals surface area contributed by atoms with Crippen LogP contribution in [0.2, 0.25) is 0 Å². The molecular formula is C26H37NO6S2. The molecule has 2 aliphatic carbocycles. The first-order valence-corrected chi connectivity index (χ1v) is 15.0. The minimum absolute atomic E-state index is 0.0278. The van der Waals surface area contributed by atoms with E-state index in [9.17, 15) is 23.1 Å². The van der Waals surface area contributed by atoms with Gasteiger partial charge in [-0.2, -0.15) is 8.42 Å². The Morgan fingerprint density at radius 2 is 1.69 bits per heavy atom. The molecule has 1 aromatic heterocycles. The van der Waals surface area contributed by atoms with Crippen molar-refractivity contribution in [3.8, 4) is 11.8 Å². The normalized spacial score (nSPS) is 25.4. The van der Waals surface area contributed by atoms with Gasteiger partial charge in [0, 0.05) is 17.4 Å². The molecule has 194 valence electrons. The van der Waals surface area contributed by atoms with E-state index >= 15 is 0 Å². The Hall–Kier alpha value is -1.89. The smallest absolute Gasteiger partial charge is 0.348 e. The lowest BCUT2D eigenvalue weighted by Crippen LogP contribution is -2.47. The minimum atomic E-state index is -3.56. The number of carboxylic acids is 1. The molecule has 0 spiro atoms. The lowest BCUT2D eigenvalue weighted by atomic mass is 9.81. The van der Waals surface area contributed by atoms with Gasteiger partial charge in [-0.25, -0.2) is 4.79 Å². The van der Waals surface area contributed by atoms with Gasteiger partial charge in [-0.05, 0) is 84.1 Å². The van der Waals surface area contributed by atoms with Gasteiger partial charge >= 0.3 is 5.97 Å². The molecule has 2 aliphatic rings. The first-order chi connectivity index (χ1) is 16.2. The monoisotopic (exact) mass is 523 g/mol. The van der Waals surface area contributed by atoms with E-state index in [1.807, 2.05) is 20.8 Å². The van der Waals surface area contributed by atoms with E-state index in [2.05, 4.69) is 18.8 Å². The SMILES string of the molecule is CC1CCC(C(=O)N(c2cc(C#CC(C)(C)C)sc2C(=O)O)C2CCC(OS(C)(=O)=O)CC2)CC1. The van der Waals surface area contributed by atoms with E-state index in [4.69, 9.17) is 4.18 Å². The highest BCUT2D eigenvalue weighted by Gasteiger charge is 2.38. The molecule has 0 aliphatic heterocycles. The van der Waals surface area contributed by atoms with Crippen molar-refractivity contribution in [2.75, 3.05) is 11.2 Å². The average molecular weight is 524 g/mol. The van der Waals surface area contributed by atoms with Gasteiger partial charge in [0.05, 0.1) is 22.9 Å². The molecule has 1 heterocycles. The number of carbonyl (C=O) groups is 2. The second-order valence-corrected chi connectivity index (χ2v) is 13.7. The minimum Gasteiger partial charge on any atom is -0.477 e. The summed E-state index contributed by atoms with van der Waals surface area (Å²) in [6.07, 6.45) is 6.28. The van der Waals surface area contributed by atoms with Gasteiger partial charge in [-0.3, -0.25) is 8.98 Å². The molecule has 9 heteroatoms. The molecule has 0 saturated heterocycles. The molecular weight excluding hydrogens is 486 g/mol. The Kier molecular flexibility index (Phi) is 8.72. The lowest BCUT2D eigenvalue weighted by molar-refractivity contribution is -0.124. The maximum atomic E-state index is 13.9. The van der Waals surface area contributed by atoms with Gasteiger partial charge in [-0.15, -0.1) is 11.3 Å². The third-order valence-corrected chi connectivity index (χ3v) is 8.30. The summed E-state index contributed by atoms with van der Waals surface area (Å²) in [5.41, 5.74) is 0.177. The van der Waals surface area contributed by atoms with Crippen molar-refractivity contribution in [3.63, 3.8) is 0 Å². The van der Waals surface area contributed by atoms with Crippen molar-refractivity contribution >= 4 is 39.0 Å². The van der Waals surface area contributed by atoms with Crippen molar-refractivity contribution in [2.45, 2.75) is 91.2 Å². The van der Waals surface area contributed by atoms with Crippen LogP contribution in [0.25, 0.3) is 0 Å². The van der Waals surface area contributed by atoms with E-state index in [0.29, 0.717) is 42.2 Å². The number of nitrogens with zero attached hydrogens (tertiary/aromatic N) is 1. The molecule has 1 aromatic rings. The predicted molar refractivity (Wildman–Crippen MR) is 138 cm³/mol. The zero-order valence-electron chi connectivity index (χ0n) is 21.3. The number of carbonyl (C=O) groups excluding carboxylic acids is 1. The van der Waals surface area contributed by atoms with Crippen LogP contribution in [0.3, 0.4) is 0 Å². The Balaban J connectivity index is 1.95. The van der Waals surface area contributed by atoms with Crippen molar-refractivity contribution in [1.82, 2.24) is 0 Å². The van der Waals surface area contributed by atoms with Crippen LogP contribution in [0, 0.1) is 29.1 Å². The summed E-state index contributed by atoms with van der Waals surface area (Å²) in [5, 5.41) is 9.99. The summed E-state index contributed by atoms with van der Waals surface area (Å²) in [4.78, 5) is 28.6. The van der Waals surface area contributed by atoms with Crippen LogP contribution in [0.5, 0.6) is 0 Å². The second-order valence-electron chi connectivity index (χ2n) is 11.0. The summed E-state index contributed by atoms with van der Waals surface area (Å²) in [5.74, 6) is 5.60. The molecule has 0 radical (unpaired) electrons. The van der Waals surface area contributed by atoms with Gasteiger partial charge < -0.3 is 10.0 Å². The molecule has 0 aromatic carbocycles. The number of carboxylic acid groups (broad SMARTS) is 1. The fourth-order valence-corrected chi connectivity index (χ4v) is 6.40. The van der Waals surface area contributed by atoms with Gasteiger partial charge in [-0.1, -0.05) is 18.8 Å². The van der Waals surface area contributed by atoms with Crippen LogP contribution in [0.4, 0.5) is 5.69 Å². The van der Waals surface area contributed by atoms with E-state index < -0.39 is 22.2 Å². The van der Waals surface area contributed by atoms with Crippen molar-refractivity contribution < 1.29 is 27.3 Å². The zero-order chi connectivity index (χ0) is 26.0.